The molecule has 2 rings (SSSR count). The minimum absolute atomic E-state index is 0.413. The molecule has 0 bridgehead atoms. The van der Waals surface area contributed by atoms with Crippen LogP contribution < -0.4 is 4.90 Å². The third kappa shape index (κ3) is 3.05. The first-order valence-electron chi connectivity index (χ1n) is 6.68. The van der Waals surface area contributed by atoms with Crippen LogP contribution in [-0.2, 0) is 14.3 Å². The Labute approximate surface area is 118 Å². The highest BCUT2D eigenvalue weighted by atomic mass is 16.5. The summed E-state index contributed by atoms with van der Waals surface area (Å²) in [4.78, 5) is 25.4. The molecule has 1 aliphatic heterocycles. The maximum absolute atomic E-state index is 12.0. The molecule has 108 valence electrons. The predicted octanol–water partition coefficient (Wildman–Crippen LogP) is 1.58. The highest BCUT2D eigenvalue weighted by Gasteiger charge is 2.35. The van der Waals surface area contributed by atoms with Crippen molar-refractivity contribution >= 4 is 17.4 Å². The fraction of sp³-hybridized carbons (Fsp3) is 0.467. The number of hydrogen-bond donors (Lipinski definition) is 0. The Hall–Kier alpha value is -1.72. The van der Waals surface area contributed by atoms with E-state index in [1.807, 2.05) is 19.1 Å². The molecule has 1 aromatic carbocycles. The summed E-state index contributed by atoms with van der Waals surface area (Å²) in [6.45, 7) is 4.04. The van der Waals surface area contributed by atoms with Crippen molar-refractivity contribution in [3.8, 4) is 0 Å². The van der Waals surface area contributed by atoms with Crippen molar-refractivity contribution in [3.05, 3.63) is 29.3 Å². The average molecular weight is 277 g/mol. The molecule has 0 N–H and O–H groups in total. The second-order valence-electron chi connectivity index (χ2n) is 4.77. The third-order valence-electron chi connectivity index (χ3n) is 3.23. The van der Waals surface area contributed by atoms with Gasteiger partial charge in [-0.05, 0) is 25.5 Å². The summed E-state index contributed by atoms with van der Waals surface area (Å²) in [6, 6.07) is 5.51. The molecule has 0 unspecified atom stereocenters. The molecule has 0 radical (unpaired) electrons. The summed E-state index contributed by atoms with van der Waals surface area (Å²) >= 11 is 0. The Bertz CT molecular complexity index is 513. The van der Waals surface area contributed by atoms with Crippen LogP contribution in [0.1, 0.15) is 22.3 Å². The molecule has 0 saturated heterocycles. The van der Waals surface area contributed by atoms with E-state index in [0.29, 0.717) is 44.0 Å². The van der Waals surface area contributed by atoms with Gasteiger partial charge in [0.1, 0.15) is 0 Å². The predicted molar refractivity (Wildman–Crippen MR) is 75.2 cm³/mol. The lowest BCUT2D eigenvalue weighted by Crippen LogP contribution is -2.31. The van der Waals surface area contributed by atoms with Crippen LogP contribution in [-0.4, -0.2) is 45.2 Å². The van der Waals surface area contributed by atoms with Gasteiger partial charge in [-0.3, -0.25) is 9.59 Å². The zero-order chi connectivity index (χ0) is 14.5. The van der Waals surface area contributed by atoms with Gasteiger partial charge in [0, 0.05) is 20.3 Å². The van der Waals surface area contributed by atoms with E-state index in [1.165, 1.54) is 4.90 Å². The highest BCUT2D eigenvalue weighted by molar-refractivity contribution is 6.52. The average Bonchev–Trinajstić information content (AvgIpc) is 2.67. The Morgan fingerprint density at radius 3 is 2.70 bits per heavy atom. The molecule has 0 saturated carbocycles. The molecule has 0 fully saturated rings. The number of Topliss-reactive ketones (excluding diaryl/α,β-unsaturated/α-hetero) is 1. The fourth-order valence-corrected chi connectivity index (χ4v) is 2.21. The number of nitrogens with zero attached hydrogens (tertiary/aromatic N) is 1. The minimum atomic E-state index is -0.442. The molecule has 1 aromatic rings. The van der Waals surface area contributed by atoms with Crippen LogP contribution in [0, 0.1) is 6.92 Å². The van der Waals surface area contributed by atoms with Gasteiger partial charge in [-0.1, -0.05) is 11.6 Å². The van der Waals surface area contributed by atoms with Crippen LogP contribution in [0.5, 0.6) is 0 Å². The van der Waals surface area contributed by atoms with Crippen LogP contribution in [0.2, 0.25) is 0 Å². The Kier molecular flexibility index (Phi) is 4.87. The monoisotopic (exact) mass is 277 g/mol. The van der Waals surface area contributed by atoms with Gasteiger partial charge in [0.25, 0.3) is 11.7 Å². The van der Waals surface area contributed by atoms with E-state index < -0.39 is 11.7 Å². The fourth-order valence-electron chi connectivity index (χ4n) is 2.21. The van der Waals surface area contributed by atoms with Gasteiger partial charge < -0.3 is 14.4 Å². The van der Waals surface area contributed by atoms with Crippen molar-refractivity contribution in [2.45, 2.75) is 13.3 Å². The molecule has 1 amide bonds. The van der Waals surface area contributed by atoms with E-state index in [0.717, 1.165) is 5.56 Å². The van der Waals surface area contributed by atoms with E-state index in [9.17, 15) is 9.59 Å². The molecule has 0 aliphatic carbocycles. The lowest BCUT2D eigenvalue weighted by molar-refractivity contribution is -0.114. The van der Waals surface area contributed by atoms with E-state index in [1.54, 1.807) is 13.2 Å². The first-order valence-corrected chi connectivity index (χ1v) is 6.68. The molecule has 20 heavy (non-hydrogen) atoms. The number of benzene rings is 1. The molecular formula is C15H19NO4. The maximum Gasteiger partial charge on any atom is 0.299 e. The van der Waals surface area contributed by atoms with Gasteiger partial charge in [0.2, 0.25) is 0 Å². The largest absolute Gasteiger partial charge is 0.382 e. The Morgan fingerprint density at radius 1 is 1.15 bits per heavy atom. The van der Waals surface area contributed by atoms with Crippen LogP contribution in [0.3, 0.4) is 0 Å². The molecule has 1 aliphatic rings. The molecule has 5 nitrogen and oxygen atoms in total. The van der Waals surface area contributed by atoms with Gasteiger partial charge in [-0.2, -0.15) is 0 Å². The van der Waals surface area contributed by atoms with Crippen molar-refractivity contribution in [1.82, 2.24) is 0 Å². The number of ether oxygens (including phenoxy) is 2. The van der Waals surface area contributed by atoms with Crippen molar-refractivity contribution in [3.63, 3.8) is 0 Å². The van der Waals surface area contributed by atoms with Crippen LogP contribution in [0.4, 0.5) is 5.69 Å². The topological polar surface area (TPSA) is 55.8 Å². The number of anilines is 1. The molecule has 0 atom stereocenters. The first kappa shape index (κ1) is 14.7. The second kappa shape index (κ2) is 6.63. The number of amides is 1. The number of carbonyl (C=O) groups is 2. The minimum Gasteiger partial charge on any atom is -0.382 e. The van der Waals surface area contributed by atoms with Gasteiger partial charge in [-0.25, -0.2) is 0 Å². The number of hydrogen-bond acceptors (Lipinski definition) is 4. The number of ketones is 1. The third-order valence-corrected chi connectivity index (χ3v) is 3.23. The summed E-state index contributed by atoms with van der Waals surface area (Å²) in [5.41, 5.74) is 2.20. The standard InChI is InChI=1S/C15H19NO4/c1-11-4-5-13-12(10-11)14(17)15(18)16(13)6-3-7-20-9-8-19-2/h4-5,10H,3,6-9H2,1-2H3. The molecule has 5 heteroatoms. The zero-order valence-corrected chi connectivity index (χ0v) is 11.8. The van der Waals surface area contributed by atoms with Crippen LogP contribution in [0.15, 0.2) is 18.2 Å². The molecule has 0 aromatic heterocycles. The smallest absolute Gasteiger partial charge is 0.299 e. The maximum atomic E-state index is 12.0. The lowest BCUT2D eigenvalue weighted by atomic mass is 10.1. The van der Waals surface area contributed by atoms with E-state index in [4.69, 9.17) is 9.47 Å². The number of carbonyl (C=O) groups excluding carboxylic acids is 2. The number of rotatable bonds is 7. The number of methoxy groups -OCH3 is 1. The molecule has 1 heterocycles. The van der Waals surface area contributed by atoms with E-state index in [2.05, 4.69) is 0 Å². The SMILES string of the molecule is COCCOCCCN1C(=O)C(=O)c2cc(C)ccc21. The number of aryl methyl sites for hydroxylation is 1. The van der Waals surface area contributed by atoms with E-state index in [-0.39, 0.29) is 0 Å². The van der Waals surface area contributed by atoms with Crippen molar-refractivity contribution in [1.29, 1.82) is 0 Å². The quantitative estimate of drug-likeness (QED) is 0.561. The normalized spacial score (nSPS) is 14.0. The second-order valence-corrected chi connectivity index (χ2v) is 4.77. The lowest BCUT2D eigenvalue weighted by Gasteiger charge is -2.16. The summed E-state index contributed by atoms with van der Waals surface area (Å²) in [5.74, 6) is -0.855. The summed E-state index contributed by atoms with van der Waals surface area (Å²) < 4.78 is 10.2. The van der Waals surface area contributed by atoms with Gasteiger partial charge in [0.05, 0.1) is 24.5 Å². The first-order chi connectivity index (χ1) is 9.65. The highest BCUT2D eigenvalue weighted by Crippen LogP contribution is 2.29. The van der Waals surface area contributed by atoms with Crippen molar-refractivity contribution < 1.29 is 19.1 Å². The Balaban J connectivity index is 1.93. The molecular weight excluding hydrogens is 258 g/mol. The van der Waals surface area contributed by atoms with Gasteiger partial charge in [0.15, 0.2) is 0 Å². The molecule has 0 spiro atoms. The van der Waals surface area contributed by atoms with Gasteiger partial charge in [-0.15, -0.1) is 0 Å². The van der Waals surface area contributed by atoms with E-state index >= 15 is 0 Å². The summed E-state index contributed by atoms with van der Waals surface area (Å²) in [7, 11) is 1.62. The van der Waals surface area contributed by atoms with Crippen molar-refractivity contribution in [2.75, 3.05) is 38.4 Å². The van der Waals surface area contributed by atoms with Crippen molar-refractivity contribution in [2.24, 2.45) is 0 Å². The zero-order valence-electron chi connectivity index (χ0n) is 11.8. The van der Waals surface area contributed by atoms with Crippen LogP contribution in [0.25, 0.3) is 0 Å². The van der Waals surface area contributed by atoms with Gasteiger partial charge >= 0.3 is 0 Å². The Morgan fingerprint density at radius 2 is 1.95 bits per heavy atom. The van der Waals surface area contributed by atoms with Crippen LogP contribution >= 0.6 is 0 Å². The summed E-state index contributed by atoms with van der Waals surface area (Å²) in [5, 5.41) is 0. The number of fused-ring (bicyclic) bond motifs is 1. The summed E-state index contributed by atoms with van der Waals surface area (Å²) in [6.07, 6.45) is 0.691.